The van der Waals surface area contributed by atoms with Gasteiger partial charge >= 0.3 is 0 Å². The average Bonchev–Trinajstić information content (AvgIpc) is 3.51. The minimum atomic E-state index is -0.679. The number of hydrogen-bond acceptors (Lipinski definition) is 4. The van der Waals surface area contributed by atoms with E-state index in [9.17, 15) is 14.7 Å². The lowest BCUT2D eigenvalue weighted by molar-refractivity contribution is -0.120. The van der Waals surface area contributed by atoms with Crippen molar-refractivity contribution in [2.45, 2.75) is 62.6 Å². The lowest BCUT2D eigenvalue weighted by atomic mass is 9.87. The summed E-state index contributed by atoms with van der Waals surface area (Å²) in [5.74, 6) is -0.521. The minimum Gasteiger partial charge on any atom is -0.508 e. The summed E-state index contributed by atoms with van der Waals surface area (Å²) in [7, 11) is 0. The fourth-order valence-corrected chi connectivity index (χ4v) is 4.43. The Morgan fingerprint density at radius 2 is 1.84 bits per heavy atom. The Hall–Kier alpha value is -3.17. The van der Waals surface area contributed by atoms with Gasteiger partial charge in [-0.25, -0.2) is 6.57 Å². The molecule has 2 aliphatic rings. The molecule has 0 heterocycles. The molecule has 0 bridgehead atoms. The molecule has 6 heteroatoms. The van der Waals surface area contributed by atoms with Crippen LogP contribution in [0, 0.1) is 6.57 Å². The fourth-order valence-electron chi connectivity index (χ4n) is 4.43. The number of ketones is 1. The second-order valence-electron chi connectivity index (χ2n) is 8.96. The van der Waals surface area contributed by atoms with Crippen LogP contribution < -0.4 is 10.6 Å². The number of hydrogen-bond donors (Lipinski definition) is 3. The van der Waals surface area contributed by atoms with Crippen molar-refractivity contribution in [3.63, 3.8) is 0 Å². The quantitative estimate of drug-likeness (QED) is 0.528. The van der Waals surface area contributed by atoms with E-state index in [1.165, 1.54) is 6.07 Å². The summed E-state index contributed by atoms with van der Waals surface area (Å²) in [4.78, 5) is 29.9. The van der Waals surface area contributed by atoms with Crippen LogP contribution >= 0.6 is 0 Å². The highest BCUT2D eigenvalue weighted by atomic mass is 16.3. The third-order valence-electron chi connectivity index (χ3n) is 6.48. The van der Waals surface area contributed by atoms with Crippen LogP contribution in [0.4, 0.5) is 0 Å². The van der Waals surface area contributed by atoms with Gasteiger partial charge < -0.3 is 20.6 Å². The van der Waals surface area contributed by atoms with Crippen molar-refractivity contribution in [2.75, 3.05) is 6.54 Å². The largest absolute Gasteiger partial charge is 0.508 e. The van der Waals surface area contributed by atoms with E-state index in [0.29, 0.717) is 18.0 Å². The van der Waals surface area contributed by atoms with E-state index in [0.717, 1.165) is 44.1 Å². The maximum absolute atomic E-state index is 13.1. The van der Waals surface area contributed by atoms with E-state index in [1.54, 1.807) is 12.1 Å². The van der Waals surface area contributed by atoms with Crippen molar-refractivity contribution in [2.24, 2.45) is 0 Å². The van der Waals surface area contributed by atoms with Crippen LogP contribution in [-0.4, -0.2) is 35.4 Å². The molecule has 0 unspecified atom stereocenters. The first-order valence-electron chi connectivity index (χ1n) is 11.3. The van der Waals surface area contributed by atoms with E-state index in [-0.39, 0.29) is 23.6 Å². The van der Waals surface area contributed by atoms with Crippen LogP contribution in [-0.2, 0) is 16.8 Å². The summed E-state index contributed by atoms with van der Waals surface area (Å²) in [5, 5.41) is 16.4. The molecular weight excluding hydrogens is 402 g/mol. The zero-order valence-corrected chi connectivity index (χ0v) is 18.1. The van der Waals surface area contributed by atoms with Crippen LogP contribution in [0.3, 0.4) is 0 Å². The summed E-state index contributed by atoms with van der Waals surface area (Å²) in [6, 6.07) is 14.0. The standard InChI is InChI=1S/C26H29N3O3/c1-27-26(11-5-6-12-26)20-14-19(15-22(30)16-20)25(32)29-23(13-18-7-3-2-4-8-18)24(31)17-28-21-9-10-21/h2-4,7-8,14-16,21,23,28,30H,5-6,9-13,17H2,(H,29,32)/t23-/m0/s1. The summed E-state index contributed by atoms with van der Waals surface area (Å²) < 4.78 is 0. The summed E-state index contributed by atoms with van der Waals surface area (Å²) in [6.07, 6.45) is 5.93. The van der Waals surface area contributed by atoms with Gasteiger partial charge in [0.25, 0.3) is 11.4 Å². The van der Waals surface area contributed by atoms with Crippen LogP contribution in [0.25, 0.3) is 4.85 Å². The van der Waals surface area contributed by atoms with Crippen molar-refractivity contribution in [1.29, 1.82) is 0 Å². The lowest BCUT2D eigenvalue weighted by Crippen LogP contribution is -2.46. The molecular formula is C26H29N3O3. The van der Waals surface area contributed by atoms with Crippen molar-refractivity contribution in [1.82, 2.24) is 10.6 Å². The molecule has 3 N–H and O–H groups in total. The predicted octanol–water partition coefficient (Wildman–Crippen LogP) is 3.74. The Bertz CT molecular complexity index is 1020. The number of Topliss-reactive ketones (excluding diaryl/α,β-unsaturated/α-hetero) is 1. The first kappa shape index (κ1) is 22.0. The number of amides is 1. The zero-order valence-electron chi connectivity index (χ0n) is 18.1. The highest BCUT2D eigenvalue weighted by Gasteiger charge is 2.42. The molecule has 2 fully saturated rings. The van der Waals surface area contributed by atoms with E-state index in [4.69, 9.17) is 6.57 Å². The lowest BCUT2D eigenvalue weighted by Gasteiger charge is -2.20. The van der Waals surface area contributed by atoms with Gasteiger partial charge in [-0.3, -0.25) is 9.59 Å². The minimum absolute atomic E-state index is 0.0380. The van der Waals surface area contributed by atoms with E-state index < -0.39 is 17.5 Å². The Balaban J connectivity index is 1.54. The second-order valence-corrected chi connectivity index (χ2v) is 8.96. The molecule has 6 nitrogen and oxygen atoms in total. The zero-order chi connectivity index (χ0) is 22.6. The first-order chi connectivity index (χ1) is 15.5. The smallest absolute Gasteiger partial charge is 0.257 e. The predicted molar refractivity (Wildman–Crippen MR) is 122 cm³/mol. The molecule has 0 spiro atoms. The van der Waals surface area contributed by atoms with Crippen LogP contribution in [0.2, 0.25) is 0 Å². The molecule has 2 aromatic rings. The van der Waals surface area contributed by atoms with E-state index in [1.807, 2.05) is 30.3 Å². The number of carbonyl (C=O) groups is 2. The molecule has 2 aromatic carbocycles. The number of nitrogens with one attached hydrogen (secondary N) is 2. The SMILES string of the molecule is [C-]#[N+]C1(c2cc(O)cc(C(=O)N[C@@H](Cc3ccccc3)C(=O)CNC3CC3)c2)CCCC1. The van der Waals surface area contributed by atoms with Crippen molar-refractivity contribution < 1.29 is 14.7 Å². The second kappa shape index (κ2) is 9.54. The van der Waals surface area contributed by atoms with Gasteiger partial charge in [0.1, 0.15) is 5.75 Å². The van der Waals surface area contributed by atoms with Gasteiger partial charge in [-0.1, -0.05) is 30.3 Å². The van der Waals surface area contributed by atoms with Crippen LogP contribution in [0.5, 0.6) is 5.75 Å². The Labute approximate surface area is 188 Å². The molecule has 1 amide bonds. The van der Waals surface area contributed by atoms with Gasteiger partial charge in [-0.2, -0.15) is 0 Å². The molecule has 32 heavy (non-hydrogen) atoms. The van der Waals surface area contributed by atoms with Crippen molar-refractivity contribution in [3.05, 3.63) is 76.6 Å². The molecule has 2 aliphatic carbocycles. The highest BCUT2D eigenvalue weighted by molar-refractivity contribution is 5.99. The maximum atomic E-state index is 13.1. The number of benzene rings is 2. The topological polar surface area (TPSA) is 82.8 Å². The third-order valence-corrected chi connectivity index (χ3v) is 6.48. The molecule has 0 aromatic heterocycles. The summed E-state index contributed by atoms with van der Waals surface area (Å²) in [5.41, 5.74) is 1.24. The Morgan fingerprint density at radius 3 is 2.50 bits per heavy atom. The molecule has 166 valence electrons. The normalized spacial score (nSPS) is 18.0. The fraction of sp³-hybridized carbons (Fsp3) is 0.423. The molecule has 2 saturated carbocycles. The van der Waals surface area contributed by atoms with Gasteiger partial charge in [0.05, 0.1) is 12.6 Å². The first-order valence-corrected chi connectivity index (χ1v) is 11.3. The van der Waals surface area contributed by atoms with Gasteiger partial charge in [0, 0.05) is 30.0 Å². The molecule has 4 rings (SSSR count). The molecule has 1 atom stereocenters. The third kappa shape index (κ3) is 5.17. The molecule has 0 aliphatic heterocycles. The van der Waals surface area contributed by atoms with Crippen LogP contribution in [0.15, 0.2) is 48.5 Å². The number of rotatable bonds is 9. The van der Waals surface area contributed by atoms with Gasteiger partial charge in [-0.05, 0) is 55.9 Å². The number of carbonyl (C=O) groups excluding carboxylic acids is 2. The van der Waals surface area contributed by atoms with E-state index in [2.05, 4.69) is 15.5 Å². The van der Waals surface area contributed by atoms with E-state index >= 15 is 0 Å². The molecule has 0 radical (unpaired) electrons. The number of phenols is 1. The number of aromatic hydroxyl groups is 1. The van der Waals surface area contributed by atoms with Gasteiger partial charge in [0.15, 0.2) is 5.78 Å². The maximum Gasteiger partial charge on any atom is 0.257 e. The van der Waals surface area contributed by atoms with Gasteiger partial charge in [0.2, 0.25) is 0 Å². The van der Waals surface area contributed by atoms with Crippen molar-refractivity contribution in [3.8, 4) is 5.75 Å². The summed E-state index contributed by atoms with van der Waals surface area (Å²) >= 11 is 0. The average molecular weight is 432 g/mol. The van der Waals surface area contributed by atoms with Crippen LogP contribution in [0.1, 0.15) is 60.0 Å². The Morgan fingerprint density at radius 1 is 1.12 bits per heavy atom. The monoisotopic (exact) mass is 431 g/mol. The van der Waals surface area contributed by atoms with Gasteiger partial charge in [-0.15, -0.1) is 0 Å². The van der Waals surface area contributed by atoms with Crippen molar-refractivity contribution >= 4 is 11.7 Å². The molecule has 0 saturated heterocycles. The number of phenolic OH excluding ortho intramolecular Hbond substituents is 1. The highest BCUT2D eigenvalue weighted by Crippen LogP contribution is 2.43. The Kier molecular flexibility index (Phi) is 6.57. The number of nitrogens with zero attached hydrogens (tertiary/aromatic N) is 1. The summed E-state index contributed by atoms with van der Waals surface area (Å²) in [6.45, 7) is 7.92.